The molecule has 100 valence electrons. The van der Waals surface area contributed by atoms with E-state index in [9.17, 15) is 8.42 Å². The summed E-state index contributed by atoms with van der Waals surface area (Å²) in [6.07, 6.45) is 2.09. The molecular formula is C15H17NO2S. The van der Waals surface area contributed by atoms with Gasteiger partial charge in [0.2, 0.25) is 10.0 Å². The van der Waals surface area contributed by atoms with E-state index in [0.717, 1.165) is 17.4 Å². The Morgan fingerprint density at radius 1 is 1.16 bits per heavy atom. The Kier molecular flexibility index (Phi) is 2.69. The molecule has 2 unspecified atom stereocenters. The fraction of sp³-hybridized carbons (Fsp3) is 0.333. The average molecular weight is 275 g/mol. The van der Waals surface area contributed by atoms with Crippen molar-refractivity contribution < 1.29 is 8.42 Å². The molecule has 0 radical (unpaired) electrons. The first kappa shape index (κ1) is 12.6. The van der Waals surface area contributed by atoms with E-state index in [1.54, 1.807) is 4.31 Å². The van der Waals surface area contributed by atoms with Gasteiger partial charge < -0.3 is 0 Å². The second-order valence-corrected chi connectivity index (χ2v) is 7.12. The molecule has 1 saturated heterocycles. The zero-order chi connectivity index (χ0) is 13.7. The summed E-state index contributed by atoms with van der Waals surface area (Å²) in [5.74, 6) is 0. The molecule has 1 heterocycles. The van der Waals surface area contributed by atoms with E-state index in [1.165, 1.54) is 11.6 Å². The molecule has 1 aliphatic rings. The van der Waals surface area contributed by atoms with E-state index < -0.39 is 10.0 Å². The number of fused-ring (bicyclic) bond motifs is 1. The van der Waals surface area contributed by atoms with E-state index in [-0.39, 0.29) is 5.54 Å². The van der Waals surface area contributed by atoms with Gasteiger partial charge in [0.1, 0.15) is 0 Å². The zero-order valence-electron chi connectivity index (χ0n) is 11.1. The van der Waals surface area contributed by atoms with Crippen LogP contribution in [0.25, 0.3) is 10.8 Å². The lowest BCUT2D eigenvalue weighted by Crippen LogP contribution is -2.20. The summed E-state index contributed by atoms with van der Waals surface area (Å²) in [7, 11) is -3.12. The van der Waals surface area contributed by atoms with Gasteiger partial charge in [-0.1, -0.05) is 43.3 Å². The van der Waals surface area contributed by atoms with Crippen LogP contribution in [-0.2, 0) is 15.6 Å². The third kappa shape index (κ3) is 1.95. The molecule has 0 amide bonds. The molecule has 0 N–H and O–H groups in total. The summed E-state index contributed by atoms with van der Waals surface area (Å²) >= 11 is 0. The number of hydrogen-bond donors (Lipinski definition) is 0. The fourth-order valence-electron chi connectivity index (χ4n) is 2.84. The highest BCUT2D eigenvalue weighted by Crippen LogP contribution is 2.47. The van der Waals surface area contributed by atoms with Gasteiger partial charge in [0.05, 0.1) is 11.8 Å². The maximum Gasteiger partial charge on any atom is 0.212 e. The summed E-state index contributed by atoms with van der Waals surface area (Å²) < 4.78 is 25.0. The number of nitrogens with zero attached hydrogens (tertiary/aromatic N) is 1. The van der Waals surface area contributed by atoms with Gasteiger partial charge in [-0.05, 0) is 28.8 Å². The third-order valence-electron chi connectivity index (χ3n) is 4.05. The molecule has 3 nitrogen and oxygen atoms in total. The van der Waals surface area contributed by atoms with Crippen LogP contribution in [0, 0.1) is 0 Å². The van der Waals surface area contributed by atoms with Crippen LogP contribution >= 0.6 is 0 Å². The molecule has 2 aromatic rings. The van der Waals surface area contributed by atoms with Crippen molar-refractivity contribution in [3.05, 3.63) is 48.0 Å². The first-order chi connectivity index (χ1) is 8.97. The number of sulfonamides is 1. The Balaban J connectivity index is 2.09. The minimum Gasteiger partial charge on any atom is -0.212 e. The molecule has 2 atom stereocenters. The molecule has 3 rings (SSSR count). The number of rotatable bonds is 3. The molecule has 2 aromatic carbocycles. The van der Waals surface area contributed by atoms with E-state index in [1.807, 2.05) is 19.1 Å². The molecule has 0 aromatic heterocycles. The van der Waals surface area contributed by atoms with Crippen LogP contribution in [0.5, 0.6) is 0 Å². The van der Waals surface area contributed by atoms with Crippen molar-refractivity contribution >= 4 is 20.8 Å². The van der Waals surface area contributed by atoms with Gasteiger partial charge in [0.25, 0.3) is 0 Å². The Hall–Kier alpha value is -1.39. The highest BCUT2D eigenvalue weighted by atomic mass is 32.2. The van der Waals surface area contributed by atoms with Gasteiger partial charge in [-0.15, -0.1) is 0 Å². The monoisotopic (exact) mass is 275 g/mol. The van der Waals surface area contributed by atoms with Crippen LogP contribution in [-0.4, -0.2) is 25.5 Å². The second-order valence-electron chi connectivity index (χ2n) is 5.22. The van der Waals surface area contributed by atoms with Crippen molar-refractivity contribution in [3.8, 4) is 0 Å². The lowest BCUT2D eigenvalue weighted by atomic mass is 9.94. The normalized spacial score (nSPS) is 26.5. The van der Waals surface area contributed by atoms with Gasteiger partial charge in [-0.25, -0.2) is 8.42 Å². The van der Waals surface area contributed by atoms with Crippen molar-refractivity contribution in [1.82, 2.24) is 4.31 Å². The van der Waals surface area contributed by atoms with Gasteiger partial charge in [0.15, 0.2) is 0 Å². The van der Waals surface area contributed by atoms with E-state index in [0.29, 0.717) is 6.54 Å². The summed E-state index contributed by atoms with van der Waals surface area (Å²) in [5.41, 5.74) is 0.775. The summed E-state index contributed by atoms with van der Waals surface area (Å²) in [5, 5.41) is 2.34. The summed E-state index contributed by atoms with van der Waals surface area (Å²) in [6.45, 7) is 2.64. The lowest BCUT2D eigenvalue weighted by Gasteiger charge is -2.16. The first-order valence-corrected chi connectivity index (χ1v) is 8.29. The molecule has 4 heteroatoms. The van der Waals surface area contributed by atoms with E-state index >= 15 is 0 Å². The van der Waals surface area contributed by atoms with Gasteiger partial charge >= 0.3 is 0 Å². The highest BCUT2D eigenvalue weighted by molar-refractivity contribution is 7.88. The first-order valence-electron chi connectivity index (χ1n) is 6.44. The van der Waals surface area contributed by atoms with Crippen LogP contribution in [0.3, 0.4) is 0 Å². The summed E-state index contributed by atoms with van der Waals surface area (Å²) in [6, 6.07) is 14.4. The summed E-state index contributed by atoms with van der Waals surface area (Å²) in [4.78, 5) is 0. The van der Waals surface area contributed by atoms with Crippen molar-refractivity contribution in [2.45, 2.75) is 18.9 Å². The van der Waals surface area contributed by atoms with Crippen LogP contribution in [0.15, 0.2) is 42.5 Å². The standard InChI is InChI=1S/C15H17NO2S/c1-3-15(11-16(15)19(2,17)18)14-9-8-12-6-4-5-7-13(12)10-14/h4-10H,3,11H2,1-2H3. The van der Waals surface area contributed by atoms with E-state index in [4.69, 9.17) is 0 Å². The lowest BCUT2D eigenvalue weighted by molar-refractivity contribution is 0.500. The maximum atomic E-state index is 11.7. The minimum atomic E-state index is -3.12. The Morgan fingerprint density at radius 2 is 1.84 bits per heavy atom. The van der Waals surface area contributed by atoms with Crippen molar-refractivity contribution in [3.63, 3.8) is 0 Å². The number of hydrogen-bond acceptors (Lipinski definition) is 2. The second kappa shape index (κ2) is 4.05. The zero-order valence-corrected chi connectivity index (χ0v) is 11.9. The largest absolute Gasteiger partial charge is 0.212 e. The van der Waals surface area contributed by atoms with Gasteiger partial charge in [0, 0.05) is 6.54 Å². The van der Waals surface area contributed by atoms with Crippen LogP contribution in [0.2, 0.25) is 0 Å². The Bertz CT molecular complexity index is 739. The molecule has 0 spiro atoms. The van der Waals surface area contributed by atoms with Crippen molar-refractivity contribution in [2.24, 2.45) is 0 Å². The molecular weight excluding hydrogens is 258 g/mol. The minimum absolute atomic E-state index is 0.322. The Labute approximate surface area is 113 Å². The Morgan fingerprint density at radius 3 is 2.42 bits per heavy atom. The SMILES string of the molecule is CCC1(c2ccc3ccccc3c2)CN1S(C)(=O)=O. The van der Waals surface area contributed by atoms with E-state index in [2.05, 4.69) is 30.3 Å². The fourth-order valence-corrected chi connectivity index (χ4v) is 4.16. The smallest absolute Gasteiger partial charge is 0.212 e. The quantitative estimate of drug-likeness (QED) is 0.808. The molecule has 0 bridgehead atoms. The molecule has 1 fully saturated rings. The third-order valence-corrected chi connectivity index (χ3v) is 5.33. The van der Waals surface area contributed by atoms with Crippen molar-refractivity contribution in [1.29, 1.82) is 0 Å². The molecule has 19 heavy (non-hydrogen) atoms. The molecule has 1 aliphatic heterocycles. The number of benzene rings is 2. The van der Waals surface area contributed by atoms with Crippen LogP contribution < -0.4 is 0 Å². The predicted octanol–water partition coefficient (Wildman–Crippen LogP) is 2.72. The molecule has 0 saturated carbocycles. The van der Waals surface area contributed by atoms with Gasteiger partial charge in [-0.3, -0.25) is 0 Å². The topological polar surface area (TPSA) is 37.1 Å². The molecule has 0 aliphatic carbocycles. The van der Waals surface area contributed by atoms with Crippen LogP contribution in [0.4, 0.5) is 0 Å². The van der Waals surface area contributed by atoms with Crippen molar-refractivity contribution in [2.75, 3.05) is 12.8 Å². The predicted molar refractivity (Wildman–Crippen MR) is 77.5 cm³/mol. The average Bonchev–Trinajstić information content (AvgIpc) is 3.14. The highest BCUT2D eigenvalue weighted by Gasteiger charge is 2.56. The van der Waals surface area contributed by atoms with Crippen LogP contribution in [0.1, 0.15) is 18.9 Å². The maximum absolute atomic E-state index is 11.7. The van der Waals surface area contributed by atoms with Gasteiger partial charge in [-0.2, -0.15) is 4.31 Å².